The Morgan fingerprint density at radius 1 is 0.939 bits per heavy atom. The summed E-state index contributed by atoms with van der Waals surface area (Å²) in [4.78, 5) is 26.7. The Balaban J connectivity index is 1.76. The van der Waals surface area contributed by atoms with Crippen molar-refractivity contribution < 1.29 is 22.8 Å². The monoisotopic (exact) mass is 469 g/mol. The van der Waals surface area contributed by atoms with Crippen LogP contribution in [0, 0.1) is 13.8 Å². The van der Waals surface area contributed by atoms with Crippen molar-refractivity contribution in [3.8, 4) is 5.69 Å². The number of nitrogens with zero attached hydrogens (tertiary/aromatic N) is 2. The molecule has 0 atom stereocenters. The first-order valence-electron chi connectivity index (χ1n) is 9.91. The SMILES string of the molecule is Cc1cc(/C=C2/C(=O)NC(=S)N(c3cccc(C(F)(F)F)c3)C2=O)c(C)n1-c1ccccc1. The van der Waals surface area contributed by atoms with Gasteiger partial charge in [0.05, 0.1) is 11.3 Å². The third kappa shape index (κ3) is 4.19. The number of nitrogens with one attached hydrogen (secondary N) is 1. The van der Waals surface area contributed by atoms with Gasteiger partial charge in [0.25, 0.3) is 11.8 Å². The van der Waals surface area contributed by atoms with E-state index in [1.807, 2.05) is 54.8 Å². The molecular formula is C24H18F3N3O2S. The van der Waals surface area contributed by atoms with Crippen LogP contribution in [-0.4, -0.2) is 21.5 Å². The number of aromatic nitrogens is 1. The minimum atomic E-state index is -4.59. The lowest BCUT2D eigenvalue weighted by atomic mass is 10.1. The highest BCUT2D eigenvalue weighted by Crippen LogP contribution is 2.33. The van der Waals surface area contributed by atoms with Crippen LogP contribution in [-0.2, 0) is 15.8 Å². The van der Waals surface area contributed by atoms with E-state index < -0.39 is 23.6 Å². The van der Waals surface area contributed by atoms with Gasteiger partial charge in [-0.3, -0.25) is 19.8 Å². The van der Waals surface area contributed by atoms with Gasteiger partial charge in [-0.1, -0.05) is 24.3 Å². The number of para-hydroxylation sites is 1. The van der Waals surface area contributed by atoms with E-state index in [4.69, 9.17) is 12.2 Å². The standard InChI is InChI=1S/C24H18F3N3O2S/c1-14-11-16(15(2)29(14)18-8-4-3-5-9-18)12-20-21(31)28-23(33)30(22(20)32)19-10-6-7-17(13-19)24(25,26)27/h3-13H,1-2H3,(H,28,31,33)/b20-12-. The van der Waals surface area contributed by atoms with Crippen LogP contribution in [0.2, 0.25) is 0 Å². The van der Waals surface area contributed by atoms with Crippen LogP contribution in [0.15, 0.2) is 66.2 Å². The highest BCUT2D eigenvalue weighted by molar-refractivity contribution is 7.80. The van der Waals surface area contributed by atoms with Crippen molar-refractivity contribution in [2.75, 3.05) is 4.90 Å². The first kappa shape index (κ1) is 22.5. The van der Waals surface area contributed by atoms with E-state index in [0.717, 1.165) is 34.1 Å². The Hall–Kier alpha value is -3.72. The molecule has 1 N–H and O–H groups in total. The zero-order chi connectivity index (χ0) is 23.9. The molecule has 1 aliphatic rings. The summed E-state index contributed by atoms with van der Waals surface area (Å²) in [5, 5.41) is 2.12. The zero-order valence-corrected chi connectivity index (χ0v) is 18.4. The van der Waals surface area contributed by atoms with E-state index in [2.05, 4.69) is 5.32 Å². The number of benzene rings is 2. The molecule has 2 heterocycles. The van der Waals surface area contributed by atoms with E-state index in [1.54, 1.807) is 0 Å². The third-order valence-electron chi connectivity index (χ3n) is 5.32. The number of amides is 2. The maximum Gasteiger partial charge on any atom is 0.416 e. The van der Waals surface area contributed by atoms with Crippen LogP contribution in [0.3, 0.4) is 0 Å². The van der Waals surface area contributed by atoms with Crippen molar-refractivity contribution in [1.82, 2.24) is 9.88 Å². The van der Waals surface area contributed by atoms with Crippen molar-refractivity contribution in [3.05, 3.63) is 88.8 Å². The number of halogens is 3. The van der Waals surface area contributed by atoms with E-state index in [1.165, 1.54) is 18.2 Å². The Kier molecular flexibility index (Phi) is 5.67. The van der Waals surface area contributed by atoms with Crippen molar-refractivity contribution in [3.63, 3.8) is 0 Å². The Morgan fingerprint density at radius 2 is 1.61 bits per heavy atom. The van der Waals surface area contributed by atoms with Gasteiger partial charge in [-0.05, 0) is 74.1 Å². The third-order valence-corrected chi connectivity index (χ3v) is 5.60. The van der Waals surface area contributed by atoms with E-state index >= 15 is 0 Å². The number of hydrogen-bond acceptors (Lipinski definition) is 3. The van der Waals surface area contributed by atoms with Gasteiger partial charge in [-0.2, -0.15) is 13.2 Å². The number of carbonyl (C=O) groups excluding carboxylic acids is 2. The second-order valence-corrected chi connectivity index (χ2v) is 7.89. The Morgan fingerprint density at radius 3 is 2.27 bits per heavy atom. The molecule has 2 aromatic carbocycles. The van der Waals surface area contributed by atoms with Crippen molar-refractivity contribution in [2.45, 2.75) is 20.0 Å². The highest BCUT2D eigenvalue weighted by Gasteiger charge is 2.36. The zero-order valence-electron chi connectivity index (χ0n) is 17.6. The number of carbonyl (C=O) groups is 2. The van der Waals surface area contributed by atoms with Gasteiger partial charge < -0.3 is 4.57 Å². The molecule has 3 aromatic rings. The van der Waals surface area contributed by atoms with Crippen LogP contribution >= 0.6 is 12.2 Å². The molecule has 0 radical (unpaired) electrons. The molecule has 5 nitrogen and oxygen atoms in total. The average molecular weight is 469 g/mol. The van der Waals surface area contributed by atoms with Crippen LogP contribution in [0.4, 0.5) is 18.9 Å². The molecular weight excluding hydrogens is 451 g/mol. The van der Waals surface area contributed by atoms with Gasteiger partial charge in [0.15, 0.2) is 5.11 Å². The number of alkyl halides is 3. The van der Waals surface area contributed by atoms with Crippen molar-refractivity contribution in [1.29, 1.82) is 0 Å². The van der Waals surface area contributed by atoms with Gasteiger partial charge in [-0.15, -0.1) is 0 Å². The number of rotatable bonds is 3. The quantitative estimate of drug-likeness (QED) is 0.336. The molecule has 0 aliphatic carbocycles. The summed E-state index contributed by atoms with van der Waals surface area (Å²) in [7, 11) is 0. The first-order chi connectivity index (χ1) is 15.6. The van der Waals surface area contributed by atoms with Crippen LogP contribution in [0.5, 0.6) is 0 Å². The summed E-state index contributed by atoms with van der Waals surface area (Å²) in [5.74, 6) is -1.51. The van der Waals surface area contributed by atoms with Crippen LogP contribution < -0.4 is 10.2 Å². The van der Waals surface area contributed by atoms with Gasteiger partial charge >= 0.3 is 6.18 Å². The topological polar surface area (TPSA) is 54.3 Å². The second-order valence-electron chi connectivity index (χ2n) is 7.50. The molecule has 9 heteroatoms. The molecule has 0 unspecified atom stereocenters. The average Bonchev–Trinajstić information content (AvgIpc) is 3.04. The molecule has 1 aromatic heterocycles. The molecule has 1 aliphatic heterocycles. The molecule has 33 heavy (non-hydrogen) atoms. The van der Waals surface area contributed by atoms with E-state index in [-0.39, 0.29) is 16.4 Å². The summed E-state index contributed by atoms with van der Waals surface area (Å²) in [6, 6.07) is 15.6. The lowest BCUT2D eigenvalue weighted by Gasteiger charge is -2.29. The first-order valence-corrected chi connectivity index (χ1v) is 10.3. The molecule has 0 spiro atoms. The summed E-state index contributed by atoms with van der Waals surface area (Å²) in [6.45, 7) is 3.75. The Bertz CT molecular complexity index is 1310. The Labute approximate surface area is 193 Å². The molecule has 2 amide bonds. The number of anilines is 1. The smallest absolute Gasteiger partial charge is 0.318 e. The van der Waals surface area contributed by atoms with E-state index in [9.17, 15) is 22.8 Å². The molecule has 4 rings (SSSR count). The molecule has 168 valence electrons. The summed E-state index contributed by atoms with van der Waals surface area (Å²) < 4.78 is 41.5. The molecule has 0 saturated carbocycles. The molecule has 1 fully saturated rings. The van der Waals surface area contributed by atoms with Gasteiger partial charge in [-0.25, -0.2) is 0 Å². The molecule has 0 bridgehead atoms. The fraction of sp³-hybridized carbons (Fsp3) is 0.125. The molecule has 1 saturated heterocycles. The number of thiocarbonyl (C=S) groups is 1. The highest BCUT2D eigenvalue weighted by atomic mass is 32.1. The summed E-state index contributed by atoms with van der Waals surface area (Å²) in [5.41, 5.74) is 2.00. The van der Waals surface area contributed by atoms with Crippen LogP contribution in [0.25, 0.3) is 11.8 Å². The largest absolute Gasteiger partial charge is 0.416 e. The maximum atomic E-state index is 13.2. The predicted molar refractivity (Wildman–Crippen MR) is 123 cm³/mol. The number of aryl methyl sites for hydroxylation is 1. The van der Waals surface area contributed by atoms with Crippen molar-refractivity contribution >= 4 is 40.9 Å². The minimum Gasteiger partial charge on any atom is -0.318 e. The number of hydrogen-bond donors (Lipinski definition) is 1. The van der Waals surface area contributed by atoms with E-state index in [0.29, 0.717) is 5.56 Å². The summed E-state index contributed by atoms with van der Waals surface area (Å²) in [6.07, 6.45) is -3.16. The maximum absolute atomic E-state index is 13.2. The van der Waals surface area contributed by atoms with Crippen LogP contribution in [0.1, 0.15) is 22.5 Å². The fourth-order valence-electron chi connectivity index (χ4n) is 3.78. The van der Waals surface area contributed by atoms with Gasteiger partial charge in [0.2, 0.25) is 0 Å². The van der Waals surface area contributed by atoms with Gasteiger partial charge in [0.1, 0.15) is 5.57 Å². The second kappa shape index (κ2) is 8.32. The lowest BCUT2D eigenvalue weighted by Crippen LogP contribution is -2.54. The fourth-order valence-corrected chi connectivity index (χ4v) is 4.06. The minimum absolute atomic E-state index is 0.0829. The normalized spacial score (nSPS) is 15.8. The summed E-state index contributed by atoms with van der Waals surface area (Å²) >= 11 is 5.09. The predicted octanol–water partition coefficient (Wildman–Crippen LogP) is 4.94. The van der Waals surface area contributed by atoms with Crippen molar-refractivity contribution in [2.24, 2.45) is 0 Å². The van der Waals surface area contributed by atoms with Gasteiger partial charge in [0, 0.05) is 17.1 Å². The lowest BCUT2D eigenvalue weighted by molar-refractivity contribution is -0.137.